The Morgan fingerprint density at radius 1 is 0.512 bits per heavy atom. The van der Waals surface area contributed by atoms with Gasteiger partial charge in [-0.1, -0.05) is 38.7 Å². The molecule has 2 aromatic rings. The van der Waals surface area contributed by atoms with E-state index in [-0.39, 0.29) is 67.5 Å². The Labute approximate surface area is 456 Å². The third-order valence-electron chi connectivity index (χ3n) is 17.8. The average molecular weight is 1180 g/mol. The average Bonchev–Trinajstić information content (AvgIpc) is 3.34. The topological polar surface area (TPSA) is 35.5 Å². The summed E-state index contributed by atoms with van der Waals surface area (Å²) in [6, 6.07) is 3.81. The van der Waals surface area contributed by atoms with E-state index in [0.717, 1.165) is 104 Å². The molecule has 0 spiro atoms. The maximum atomic E-state index is 13.8. The van der Waals surface area contributed by atoms with Crippen molar-refractivity contribution >= 4 is 5.97 Å². The van der Waals surface area contributed by atoms with E-state index < -0.39 is 93.0 Å². The molecule has 0 saturated heterocycles. The van der Waals surface area contributed by atoms with Crippen LogP contribution < -0.4 is 0 Å². The van der Waals surface area contributed by atoms with Gasteiger partial charge < -0.3 is 9.47 Å². The van der Waals surface area contributed by atoms with Crippen molar-refractivity contribution in [2.75, 3.05) is 0 Å². The molecule has 22 heteroatoms. The van der Waals surface area contributed by atoms with Crippen molar-refractivity contribution < 1.29 is 97.7 Å². The van der Waals surface area contributed by atoms with Gasteiger partial charge in [0.1, 0.15) is 17.7 Å². The first kappa shape index (κ1) is 67.3. The minimum absolute atomic E-state index is 0.00993. The highest BCUT2D eigenvalue weighted by molar-refractivity contribution is 5.69. The van der Waals surface area contributed by atoms with E-state index in [0.29, 0.717) is 24.2 Å². The van der Waals surface area contributed by atoms with Crippen molar-refractivity contribution in [3.05, 3.63) is 70.0 Å². The Hall–Kier alpha value is -3.46. The van der Waals surface area contributed by atoms with Crippen molar-refractivity contribution in [1.29, 1.82) is 0 Å². The molecule has 12 rings (SSSR count). The fourth-order valence-electron chi connectivity index (χ4n) is 14.4. The maximum absolute atomic E-state index is 13.8. The van der Waals surface area contributed by atoms with Crippen LogP contribution in [0.25, 0.3) is 0 Å². The summed E-state index contributed by atoms with van der Waals surface area (Å²) in [5.74, 6) is -19.1. The van der Waals surface area contributed by atoms with Gasteiger partial charge >= 0.3 is 23.9 Å². The molecule has 8 bridgehead atoms. The highest BCUT2D eigenvalue weighted by Gasteiger charge is 2.84. The molecular formula is C58H75F19O3. The molecule has 0 heterocycles. The first-order valence-electron chi connectivity index (χ1n) is 27.8. The van der Waals surface area contributed by atoms with E-state index in [1.165, 1.54) is 63.6 Å². The van der Waals surface area contributed by atoms with Crippen LogP contribution in [-0.2, 0) is 14.3 Å². The van der Waals surface area contributed by atoms with E-state index in [2.05, 4.69) is 4.74 Å². The molecule has 10 aliphatic carbocycles. The minimum atomic E-state index is -6.27. The molecule has 10 saturated carbocycles. The quantitative estimate of drug-likeness (QED) is 0.120. The third-order valence-corrected chi connectivity index (χ3v) is 17.8. The SMILES string of the molecule is CC(F)(F)C(OC12CC3CC(CC(C3)C1)C2)(C(F)(F)F)C(F)(F)F.CC(F)(F)C12CC3CC(CC(C3)C1)C2.CC(F)(F)C1CCCCC1.CCC(=O)OC1CCCCC1.Cc1c(F)c(F)c(F)c(F)c1F.Cc1c(F)cccc1F. The fraction of sp³-hybridized carbons (Fsp3) is 0.776. The second-order valence-electron chi connectivity index (χ2n) is 24.3. The van der Waals surface area contributed by atoms with Crippen LogP contribution >= 0.6 is 0 Å². The van der Waals surface area contributed by atoms with Gasteiger partial charge in [0.05, 0.1) is 5.60 Å². The van der Waals surface area contributed by atoms with Crippen LogP contribution in [0.2, 0.25) is 0 Å². The molecule has 10 aliphatic rings. The first-order valence-corrected chi connectivity index (χ1v) is 27.8. The number of halogens is 19. The van der Waals surface area contributed by atoms with Crippen molar-refractivity contribution in [3.8, 4) is 0 Å². The molecule has 458 valence electrons. The van der Waals surface area contributed by atoms with E-state index >= 15 is 0 Å². The lowest BCUT2D eigenvalue weighted by molar-refractivity contribution is -0.457. The zero-order chi connectivity index (χ0) is 60.2. The molecule has 0 N–H and O–H groups in total. The van der Waals surface area contributed by atoms with Crippen molar-refractivity contribution in [1.82, 2.24) is 0 Å². The summed E-state index contributed by atoms with van der Waals surface area (Å²) in [6.45, 7) is 5.89. The van der Waals surface area contributed by atoms with Gasteiger partial charge in [0.15, 0.2) is 23.3 Å². The van der Waals surface area contributed by atoms with Gasteiger partial charge in [-0.05, 0) is 191 Å². The second-order valence-corrected chi connectivity index (χ2v) is 24.3. The largest absolute Gasteiger partial charge is 0.462 e. The van der Waals surface area contributed by atoms with Gasteiger partial charge in [0, 0.05) is 35.8 Å². The Morgan fingerprint density at radius 3 is 1.16 bits per heavy atom. The number of rotatable bonds is 7. The molecule has 0 aromatic heterocycles. The number of carbonyl (C=O) groups is 1. The third kappa shape index (κ3) is 16.0. The lowest BCUT2D eigenvalue weighted by Crippen LogP contribution is -2.72. The lowest BCUT2D eigenvalue weighted by atomic mass is 9.48. The summed E-state index contributed by atoms with van der Waals surface area (Å²) >= 11 is 0. The van der Waals surface area contributed by atoms with Crippen LogP contribution in [0.15, 0.2) is 18.2 Å². The number of hydrogen-bond donors (Lipinski definition) is 0. The van der Waals surface area contributed by atoms with Gasteiger partial charge in [-0.2, -0.15) is 26.3 Å². The molecule has 0 unspecified atom stereocenters. The number of alkyl halides is 12. The zero-order valence-corrected chi connectivity index (χ0v) is 46.0. The highest BCUT2D eigenvalue weighted by atomic mass is 19.4. The Kier molecular flexibility index (Phi) is 22.1. The van der Waals surface area contributed by atoms with Gasteiger partial charge in [-0.3, -0.25) is 4.79 Å². The second kappa shape index (κ2) is 26.2. The van der Waals surface area contributed by atoms with E-state index in [1.807, 2.05) is 6.92 Å². The summed E-state index contributed by atoms with van der Waals surface area (Å²) in [4.78, 5) is 10.9. The number of carbonyl (C=O) groups excluding carboxylic acids is 1. The van der Waals surface area contributed by atoms with Crippen molar-refractivity contribution in [2.24, 2.45) is 46.8 Å². The minimum Gasteiger partial charge on any atom is -0.462 e. The number of esters is 1. The number of benzene rings is 2. The molecule has 0 aliphatic heterocycles. The monoisotopic (exact) mass is 1180 g/mol. The Bertz CT molecular complexity index is 2100. The van der Waals surface area contributed by atoms with Crippen LogP contribution in [-0.4, -0.2) is 53.4 Å². The van der Waals surface area contributed by atoms with E-state index in [9.17, 15) is 88.2 Å². The molecule has 80 heavy (non-hydrogen) atoms. The van der Waals surface area contributed by atoms with E-state index in [1.54, 1.807) is 0 Å². The summed E-state index contributed by atoms with van der Waals surface area (Å²) in [5.41, 5.74) is -8.62. The Balaban J connectivity index is 0.000000184. The summed E-state index contributed by atoms with van der Waals surface area (Å²) in [7, 11) is 0. The number of hydrogen-bond acceptors (Lipinski definition) is 3. The lowest BCUT2D eigenvalue weighted by Gasteiger charge is -2.59. The predicted octanol–water partition coefficient (Wildman–Crippen LogP) is 19.8. The predicted molar refractivity (Wildman–Crippen MR) is 261 cm³/mol. The summed E-state index contributed by atoms with van der Waals surface area (Å²) in [5, 5.41) is 0. The normalized spacial score (nSPS) is 28.4. The van der Waals surface area contributed by atoms with Gasteiger partial charge in [0.2, 0.25) is 11.7 Å². The maximum Gasteiger partial charge on any atom is 0.432 e. The fourth-order valence-corrected chi connectivity index (χ4v) is 14.4. The van der Waals surface area contributed by atoms with Crippen LogP contribution in [0.3, 0.4) is 0 Å². The van der Waals surface area contributed by atoms with Crippen LogP contribution in [0.5, 0.6) is 0 Å². The smallest absolute Gasteiger partial charge is 0.432 e. The molecule has 0 atom stereocenters. The highest BCUT2D eigenvalue weighted by Crippen LogP contribution is 2.65. The summed E-state index contributed by atoms with van der Waals surface area (Å²) in [6.07, 6.45) is 7.01. The first-order chi connectivity index (χ1) is 36.8. The molecule has 10 fully saturated rings. The summed E-state index contributed by atoms with van der Waals surface area (Å²) < 4.78 is 256. The van der Waals surface area contributed by atoms with Gasteiger partial charge in [-0.15, -0.1) is 0 Å². The molecule has 3 nitrogen and oxygen atoms in total. The van der Waals surface area contributed by atoms with Crippen LogP contribution in [0, 0.1) is 101 Å². The number of ether oxygens (including phenoxy) is 2. The Morgan fingerprint density at radius 2 is 0.863 bits per heavy atom. The van der Waals surface area contributed by atoms with Crippen LogP contribution in [0.4, 0.5) is 83.4 Å². The standard InChI is InChI=1S/C15H18F8O.C12H18F2.C9H16O2.C8H14F2.C7H3F5.C7H6F2/c1-11(16,17)13(14(18,19)20,15(21,22)23)24-12-5-8-2-9(6-12)4-10(3-8)7-12;1-11(13,14)12-5-8-2-9(6-12)4-10(3-8)7-12;1-2-9(10)11-8-6-4-3-5-7-8;1-8(9,10)7-5-3-2-4-6-7;1-2-3(8)5(10)7(12)6(11)4(2)9;1-5-6(8)3-2-4-7(5)9/h8-10H,2-7H2,1H3;8-10H,2-7H2,1H3;8H,2-7H2,1H3;7H,2-6H2,1H3;1H3;2-4H,1H3. The van der Waals surface area contributed by atoms with Crippen molar-refractivity contribution in [2.45, 2.75) is 237 Å². The molecule has 2 aromatic carbocycles. The zero-order valence-electron chi connectivity index (χ0n) is 46.0. The van der Waals surface area contributed by atoms with E-state index in [4.69, 9.17) is 4.74 Å². The molecule has 0 amide bonds. The van der Waals surface area contributed by atoms with Gasteiger partial charge in [-0.25, -0.2) is 57.1 Å². The van der Waals surface area contributed by atoms with Crippen molar-refractivity contribution in [3.63, 3.8) is 0 Å². The molecule has 0 radical (unpaired) electrons. The molecular weight excluding hydrogens is 1110 g/mol. The van der Waals surface area contributed by atoms with Crippen LogP contribution in [0.1, 0.15) is 187 Å². The van der Waals surface area contributed by atoms with Gasteiger partial charge in [0.25, 0.3) is 11.8 Å².